The molecule has 1 fully saturated rings. The number of aliphatic imine (C=N–C) groups is 1. The molecule has 1 heterocycles. The van der Waals surface area contributed by atoms with Gasteiger partial charge in [0, 0.05) is 52.0 Å². The molecule has 0 aromatic heterocycles. The Morgan fingerprint density at radius 2 is 1.70 bits per heavy atom. The Morgan fingerprint density at radius 3 is 2.30 bits per heavy atom. The van der Waals surface area contributed by atoms with Gasteiger partial charge in [0.1, 0.15) is 5.75 Å². The van der Waals surface area contributed by atoms with Crippen LogP contribution >= 0.6 is 24.0 Å². The van der Waals surface area contributed by atoms with Gasteiger partial charge in [-0.2, -0.15) is 0 Å². The smallest absolute Gasteiger partial charge is 0.194 e. The van der Waals surface area contributed by atoms with E-state index in [-0.39, 0.29) is 24.0 Å². The Bertz CT molecular complexity index is 801. The molecule has 0 atom stereocenters. The summed E-state index contributed by atoms with van der Waals surface area (Å²) in [6.07, 6.45) is 0. The number of hydrogen-bond donors (Lipinski definition) is 1. The average Bonchev–Trinajstić information content (AvgIpc) is 2.74. The first-order valence-corrected chi connectivity index (χ1v) is 10.2. The first-order chi connectivity index (χ1) is 14.1. The fourth-order valence-corrected chi connectivity index (χ4v) is 3.69. The number of ether oxygens (including phenoxy) is 1. The van der Waals surface area contributed by atoms with Crippen molar-refractivity contribution in [3.63, 3.8) is 0 Å². The van der Waals surface area contributed by atoms with Crippen molar-refractivity contribution < 1.29 is 4.74 Å². The monoisotopic (exact) mass is 523 g/mol. The van der Waals surface area contributed by atoms with Crippen LogP contribution in [0.4, 0.5) is 5.69 Å². The van der Waals surface area contributed by atoms with E-state index in [0.717, 1.165) is 51.0 Å². The van der Waals surface area contributed by atoms with Gasteiger partial charge in [0.25, 0.3) is 0 Å². The Labute approximate surface area is 197 Å². The summed E-state index contributed by atoms with van der Waals surface area (Å²) in [7, 11) is 7.75. The van der Waals surface area contributed by atoms with Crippen LogP contribution in [0, 0.1) is 0 Å². The summed E-state index contributed by atoms with van der Waals surface area (Å²) in [5, 5.41) is 3.53. The van der Waals surface area contributed by atoms with Gasteiger partial charge in [-0.3, -0.25) is 4.99 Å². The minimum Gasteiger partial charge on any atom is -0.497 e. The number of piperazine rings is 1. The highest BCUT2D eigenvalue weighted by Gasteiger charge is 2.19. The molecule has 0 radical (unpaired) electrons. The van der Waals surface area contributed by atoms with Crippen molar-refractivity contribution in [1.82, 2.24) is 15.1 Å². The van der Waals surface area contributed by atoms with E-state index in [0.29, 0.717) is 0 Å². The molecule has 0 unspecified atom stereocenters. The van der Waals surface area contributed by atoms with E-state index in [2.05, 4.69) is 75.5 Å². The summed E-state index contributed by atoms with van der Waals surface area (Å²) < 4.78 is 5.26. The normalized spacial score (nSPS) is 14.5. The summed E-state index contributed by atoms with van der Waals surface area (Å²) in [4.78, 5) is 11.4. The number of nitrogens with one attached hydrogen (secondary N) is 1. The summed E-state index contributed by atoms with van der Waals surface area (Å²) in [5.41, 5.74) is 3.85. The predicted molar refractivity (Wildman–Crippen MR) is 136 cm³/mol. The zero-order chi connectivity index (χ0) is 20.6. The Hall–Kier alpha value is -2.00. The highest BCUT2D eigenvalue weighted by atomic mass is 127. The van der Waals surface area contributed by atoms with Crippen molar-refractivity contribution in [3.05, 3.63) is 59.7 Å². The molecule has 30 heavy (non-hydrogen) atoms. The van der Waals surface area contributed by atoms with E-state index in [1.807, 2.05) is 19.2 Å². The Kier molecular flexibility index (Phi) is 9.71. The van der Waals surface area contributed by atoms with Crippen LogP contribution in [0.15, 0.2) is 53.5 Å². The van der Waals surface area contributed by atoms with Gasteiger partial charge in [0.15, 0.2) is 5.96 Å². The van der Waals surface area contributed by atoms with Crippen LogP contribution in [0.25, 0.3) is 0 Å². The molecule has 7 heteroatoms. The molecule has 1 aliphatic rings. The van der Waals surface area contributed by atoms with Crippen LogP contribution in [0.5, 0.6) is 5.75 Å². The molecule has 1 aliphatic heterocycles. The molecule has 0 amide bonds. The van der Waals surface area contributed by atoms with Crippen molar-refractivity contribution in [2.75, 3.05) is 59.3 Å². The average molecular weight is 523 g/mol. The number of benzene rings is 2. The zero-order valence-electron chi connectivity index (χ0n) is 18.5. The maximum atomic E-state index is 5.26. The number of guanidine groups is 1. The highest BCUT2D eigenvalue weighted by molar-refractivity contribution is 14.0. The SMILES string of the molecule is CN=C(NCc1cccc(CN(C)C)c1)N1CCN(c2ccc(OC)cc2)CC1.I. The summed E-state index contributed by atoms with van der Waals surface area (Å²) in [5.74, 6) is 1.86. The van der Waals surface area contributed by atoms with Gasteiger partial charge in [-0.15, -0.1) is 24.0 Å². The minimum atomic E-state index is 0. The standard InChI is InChI=1S/C23H33N5O.HI/c1-24-23(25-17-19-6-5-7-20(16-19)18-26(2)3)28-14-12-27(13-15-28)21-8-10-22(29-4)11-9-21;/h5-11,16H,12-15,17-18H2,1-4H3,(H,24,25);1H. The molecule has 2 aromatic carbocycles. The lowest BCUT2D eigenvalue weighted by molar-refractivity contribution is 0.372. The maximum Gasteiger partial charge on any atom is 0.194 e. The van der Waals surface area contributed by atoms with E-state index < -0.39 is 0 Å². The lowest BCUT2D eigenvalue weighted by Crippen LogP contribution is -2.52. The second-order valence-corrected chi connectivity index (χ2v) is 7.63. The summed E-state index contributed by atoms with van der Waals surface area (Å²) in [6.45, 7) is 5.60. The molecule has 6 nitrogen and oxygen atoms in total. The molecule has 164 valence electrons. The van der Waals surface area contributed by atoms with Crippen LogP contribution in [-0.2, 0) is 13.1 Å². The number of rotatable bonds is 6. The van der Waals surface area contributed by atoms with Gasteiger partial charge in [-0.1, -0.05) is 24.3 Å². The molecule has 2 aromatic rings. The fraction of sp³-hybridized carbons (Fsp3) is 0.435. The van der Waals surface area contributed by atoms with Crippen molar-refractivity contribution in [3.8, 4) is 5.75 Å². The van der Waals surface area contributed by atoms with Crippen molar-refractivity contribution in [2.24, 2.45) is 4.99 Å². The third kappa shape index (κ3) is 6.77. The van der Waals surface area contributed by atoms with E-state index in [9.17, 15) is 0 Å². The molecule has 0 spiro atoms. The largest absolute Gasteiger partial charge is 0.497 e. The van der Waals surface area contributed by atoms with Gasteiger partial charge in [0.05, 0.1) is 7.11 Å². The van der Waals surface area contributed by atoms with Gasteiger partial charge >= 0.3 is 0 Å². The highest BCUT2D eigenvalue weighted by Crippen LogP contribution is 2.20. The molecule has 0 aliphatic carbocycles. The number of hydrogen-bond acceptors (Lipinski definition) is 4. The second-order valence-electron chi connectivity index (χ2n) is 7.63. The topological polar surface area (TPSA) is 43.3 Å². The van der Waals surface area contributed by atoms with Crippen molar-refractivity contribution >= 4 is 35.6 Å². The Balaban J connectivity index is 0.00000320. The van der Waals surface area contributed by atoms with Crippen LogP contribution in [0.1, 0.15) is 11.1 Å². The van der Waals surface area contributed by atoms with Crippen molar-refractivity contribution in [2.45, 2.75) is 13.1 Å². The van der Waals surface area contributed by atoms with Crippen LogP contribution in [0.2, 0.25) is 0 Å². The molecule has 3 rings (SSSR count). The lowest BCUT2D eigenvalue weighted by atomic mass is 10.1. The number of nitrogens with zero attached hydrogens (tertiary/aromatic N) is 4. The second kappa shape index (κ2) is 12.0. The maximum absolute atomic E-state index is 5.26. The number of methoxy groups -OCH3 is 1. The summed E-state index contributed by atoms with van der Waals surface area (Å²) in [6, 6.07) is 17.0. The van der Waals surface area contributed by atoms with Crippen LogP contribution in [0.3, 0.4) is 0 Å². The number of anilines is 1. The van der Waals surface area contributed by atoms with E-state index in [1.54, 1.807) is 7.11 Å². The first-order valence-electron chi connectivity index (χ1n) is 10.2. The van der Waals surface area contributed by atoms with Crippen molar-refractivity contribution in [1.29, 1.82) is 0 Å². The lowest BCUT2D eigenvalue weighted by Gasteiger charge is -2.37. The molecule has 0 bridgehead atoms. The van der Waals surface area contributed by atoms with Gasteiger partial charge in [-0.25, -0.2) is 0 Å². The first kappa shape index (κ1) is 24.3. The fourth-order valence-electron chi connectivity index (χ4n) is 3.69. The van der Waals surface area contributed by atoms with Crippen LogP contribution in [-0.4, -0.2) is 70.2 Å². The number of halogens is 1. The zero-order valence-corrected chi connectivity index (χ0v) is 20.8. The van der Waals surface area contributed by atoms with Gasteiger partial charge in [0.2, 0.25) is 0 Å². The van der Waals surface area contributed by atoms with E-state index in [1.165, 1.54) is 16.8 Å². The quantitative estimate of drug-likeness (QED) is 0.358. The molecular weight excluding hydrogens is 489 g/mol. The van der Waals surface area contributed by atoms with Gasteiger partial charge in [-0.05, 0) is 49.5 Å². The summed E-state index contributed by atoms with van der Waals surface area (Å²) >= 11 is 0. The van der Waals surface area contributed by atoms with E-state index >= 15 is 0 Å². The third-order valence-corrected chi connectivity index (χ3v) is 5.17. The molecule has 1 saturated heterocycles. The van der Waals surface area contributed by atoms with Gasteiger partial charge < -0.3 is 24.8 Å². The molecular formula is C23H34IN5O. The third-order valence-electron chi connectivity index (χ3n) is 5.17. The molecule has 0 saturated carbocycles. The van der Waals surface area contributed by atoms with Crippen LogP contribution < -0.4 is 15.0 Å². The Morgan fingerprint density at radius 1 is 1.03 bits per heavy atom. The predicted octanol–water partition coefficient (Wildman–Crippen LogP) is 3.27. The van der Waals surface area contributed by atoms with E-state index in [4.69, 9.17) is 4.74 Å². The molecule has 1 N–H and O–H groups in total. The minimum absolute atomic E-state index is 0.